The van der Waals surface area contributed by atoms with Crippen molar-refractivity contribution in [1.29, 1.82) is 0 Å². The summed E-state index contributed by atoms with van der Waals surface area (Å²) in [5.74, 6) is -10.7. The molecule has 3 aromatic rings. The molecule has 0 aliphatic heterocycles. The molecule has 220 valence electrons. The van der Waals surface area contributed by atoms with Crippen molar-refractivity contribution in [3.05, 3.63) is 97.5 Å². The first kappa shape index (κ1) is 31.1. The van der Waals surface area contributed by atoms with Crippen LogP contribution in [0, 0.1) is 23.5 Å². The van der Waals surface area contributed by atoms with Gasteiger partial charge >= 0.3 is 0 Å². The van der Waals surface area contributed by atoms with Gasteiger partial charge in [-0.05, 0) is 47.5 Å². The van der Waals surface area contributed by atoms with Gasteiger partial charge in [0.1, 0.15) is 21.8 Å². The van der Waals surface area contributed by atoms with E-state index < -0.39 is 81.9 Å². The Bertz CT molecular complexity index is 1650. The lowest BCUT2D eigenvalue weighted by Crippen LogP contribution is -2.18. The maximum Gasteiger partial charge on any atom is 0.258 e. The molecule has 2 aliphatic rings. The lowest BCUT2D eigenvalue weighted by Gasteiger charge is -2.11. The zero-order valence-corrected chi connectivity index (χ0v) is 24.9. The summed E-state index contributed by atoms with van der Waals surface area (Å²) in [6, 6.07) is 10.7. The standard InChI is InChI=1S/C29H18Cl5F4NO3/c30-18-5-3-14(39-27(42)25-24(29(25,33)34)12-1-4-19(31)20(32)7-12)9-15(18)22(40)8-13-2-6-21(35)16(26(13)36)10-23(41)17-11-28(17,37)38/h1-7,9,17,24-25H,8,10-11H2,(H,39,42)/t17?,24-,25+/m0/s1. The summed E-state index contributed by atoms with van der Waals surface area (Å²) in [6.07, 6.45) is -2.11. The highest BCUT2D eigenvalue weighted by atomic mass is 35.5. The fraction of sp³-hybridized carbons (Fsp3) is 0.276. The summed E-state index contributed by atoms with van der Waals surface area (Å²) in [6.45, 7) is 0. The van der Waals surface area contributed by atoms with Gasteiger partial charge in [-0.2, -0.15) is 0 Å². The first-order valence-corrected chi connectivity index (χ1v) is 14.3. The van der Waals surface area contributed by atoms with Crippen LogP contribution < -0.4 is 5.32 Å². The summed E-state index contributed by atoms with van der Waals surface area (Å²) < 4.78 is 54.5. The van der Waals surface area contributed by atoms with Crippen molar-refractivity contribution in [2.75, 3.05) is 5.32 Å². The maximum absolute atomic E-state index is 15.1. The number of carbonyl (C=O) groups is 3. The zero-order chi connectivity index (χ0) is 30.7. The molecular weight excluding hydrogens is 664 g/mol. The van der Waals surface area contributed by atoms with Gasteiger partial charge in [-0.1, -0.05) is 46.9 Å². The van der Waals surface area contributed by atoms with Crippen molar-refractivity contribution in [3.63, 3.8) is 0 Å². The number of benzene rings is 3. The molecule has 1 unspecified atom stereocenters. The van der Waals surface area contributed by atoms with E-state index in [-0.39, 0.29) is 26.9 Å². The highest BCUT2D eigenvalue weighted by Gasteiger charge is 2.67. The smallest absolute Gasteiger partial charge is 0.258 e. The van der Waals surface area contributed by atoms with Crippen molar-refractivity contribution >= 4 is 81.2 Å². The first-order chi connectivity index (χ1) is 19.6. The highest BCUT2D eigenvalue weighted by molar-refractivity contribution is 6.53. The Balaban J connectivity index is 1.30. The van der Waals surface area contributed by atoms with Gasteiger partial charge in [0.2, 0.25) is 5.91 Å². The van der Waals surface area contributed by atoms with E-state index in [9.17, 15) is 27.6 Å². The van der Waals surface area contributed by atoms with E-state index in [4.69, 9.17) is 58.0 Å². The lowest BCUT2D eigenvalue weighted by atomic mass is 9.97. The van der Waals surface area contributed by atoms with Crippen molar-refractivity contribution in [3.8, 4) is 0 Å². The number of hydrogen-bond acceptors (Lipinski definition) is 3. The molecule has 13 heteroatoms. The molecule has 1 amide bonds. The van der Waals surface area contributed by atoms with E-state index in [1.165, 1.54) is 18.2 Å². The molecule has 0 saturated heterocycles. The number of Topliss-reactive ketones (excluding diaryl/α,β-unsaturated/α-hetero) is 2. The molecule has 3 aromatic carbocycles. The summed E-state index contributed by atoms with van der Waals surface area (Å²) >= 11 is 31.0. The second kappa shape index (κ2) is 11.3. The SMILES string of the molecule is O=C(Cc1ccc(F)c(CC(=O)C2CC2(F)F)c1F)c1cc(NC(=O)[C@H]2[C@H](c3ccc(Cl)c(Cl)c3)C2(Cl)Cl)ccc1Cl. The average Bonchev–Trinajstić information content (AvgIpc) is 3.75. The van der Waals surface area contributed by atoms with E-state index in [0.717, 1.165) is 12.1 Å². The Kier molecular flexibility index (Phi) is 8.35. The van der Waals surface area contributed by atoms with Gasteiger partial charge < -0.3 is 5.32 Å². The molecule has 3 atom stereocenters. The number of amides is 1. The second-order valence-corrected chi connectivity index (χ2v) is 12.9. The van der Waals surface area contributed by atoms with Crippen LogP contribution in [0.5, 0.6) is 0 Å². The van der Waals surface area contributed by atoms with E-state index in [2.05, 4.69) is 5.32 Å². The minimum atomic E-state index is -3.17. The highest BCUT2D eigenvalue weighted by Crippen LogP contribution is 2.65. The lowest BCUT2D eigenvalue weighted by molar-refractivity contribution is -0.121. The van der Waals surface area contributed by atoms with Crippen molar-refractivity contribution in [2.45, 2.75) is 35.4 Å². The summed E-state index contributed by atoms with van der Waals surface area (Å²) in [7, 11) is 0. The van der Waals surface area contributed by atoms with Crippen molar-refractivity contribution in [2.24, 2.45) is 11.8 Å². The molecule has 0 bridgehead atoms. The number of rotatable bonds is 9. The van der Waals surface area contributed by atoms with Crippen LogP contribution in [-0.2, 0) is 22.4 Å². The van der Waals surface area contributed by atoms with Crippen LogP contribution >= 0.6 is 58.0 Å². The fourth-order valence-corrected chi connectivity index (χ4v) is 6.24. The zero-order valence-electron chi connectivity index (χ0n) is 21.1. The van der Waals surface area contributed by atoms with Gasteiger partial charge in [0.25, 0.3) is 5.92 Å². The number of hydrogen-bond donors (Lipinski definition) is 1. The summed E-state index contributed by atoms with van der Waals surface area (Å²) in [4.78, 5) is 38.2. The number of nitrogens with one attached hydrogen (secondary N) is 1. The number of halogens is 9. The monoisotopic (exact) mass is 679 g/mol. The number of carbonyl (C=O) groups excluding carboxylic acids is 3. The molecule has 0 spiro atoms. The minimum Gasteiger partial charge on any atom is -0.326 e. The van der Waals surface area contributed by atoms with E-state index >= 15 is 4.39 Å². The topological polar surface area (TPSA) is 63.2 Å². The van der Waals surface area contributed by atoms with E-state index in [0.29, 0.717) is 10.6 Å². The third-order valence-electron chi connectivity index (χ3n) is 7.36. The first-order valence-electron chi connectivity index (χ1n) is 12.4. The van der Waals surface area contributed by atoms with Crippen molar-refractivity contribution < 1.29 is 31.9 Å². The quantitative estimate of drug-likeness (QED) is 0.140. The second-order valence-electron chi connectivity index (χ2n) is 10.2. The number of anilines is 1. The molecule has 2 saturated carbocycles. The Hall–Kier alpha value is -2.36. The Morgan fingerprint density at radius 2 is 1.55 bits per heavy atom. The van der Waals surface area contributed by atoms with Gasteiger partial charge in [0.15, 0.2) is 5.78 Å². The number of alkyl halides is 4. The Morgan fingerprint density at radius 1 is 0.881 bits per heavy atom. The predicted octanol–water partition coefficient (Wildman–Crippen LogP) is 8.64. The molecule has 2 fully saturated rings. The fourth-order valence-electron chi connectivity index (χ4n) is 4.88. The molecule has 0 heterocycles. The van der Waals surface area contributed by atoms with Crippen LogP contribution in [0.3, 0.4) is 0 Å². The normalized spacial score (nSPS) is 21.5. The van der Waals surface area contributed by atoms with Gasteiger partial charge in [-0.25, -0.2) is 17.6 Å². The third kappa shape index (κ3) is 6.02. The maximum atomic E-state index is 15.1. The number of ketones is 2. The Morgan fingerprint density at radius 3 is 2.19 bits per heavy atom. The van der Waals surface area contributed by atoms with Crippen LogP contribution in [0.15, 0.2) is 48.5 Å². The van der Waals surface area contributed by atoms with Gasteiger partial charge in [-0.3, -0.25) is 14.4 Å². The van der Waals surface area contributed by atoms with Crippen LogP contribution in [0.2, 0.25) is 15.1 Å². The molecular formula is C29H18Cl5F4NO3. The summed E-state index contributed by atoms with van der Waals surface area (Å²) in [5, 5.41) is 3.23. The predicted molar refractivity (Wildman–Crippen MR) is 153 cm³/mol. The summed E-state index contributed by atoms with van der Waals surface area (Å²) in [5.41, 5.74) is -0.239. The van der Waals surface area contributed by atoms with Gasteiger partial charge in [0.05, 0.1) is 26.9 Å². The average molecular weight is 682 g/mol. The van der Waals surface area contributed by atoms with Crippen LogP contribution in [0.4, 0.5) is 23.2 Å². The molecule has 0 aromatic heterocycles. The largest absolute Gasteiger partial charge is 0.326 e. The molecule has 42 heavy (non-hydrogen) atoms. The van der Waals surface area contributed by atoms with Gasteiger partial charge in [-0.15, -0.1) is 23.2 Å². The minimum absolute atomic E-state index is 0.00368. The Labute approximate surface area is 262 Å². The van der Waals surface area contributed by atoms with Crippen LogP contribution in [0.25, 0.3) is 0 Å². The van der Waals surface area contributed by atoms with Gasteiger partial charge in [0, 0.05) is 42.0 Å². The molecule has 2 aliphatic carbocycles. The molecule has 4 nitrogen and oxygen atoms in total. The third-order valence-corrected chi connectivity index (χ3v) is 9.36. The van der Waals surface area contributed by atoms with Crippen LogP contribution in [-0.4, -0.2) is 27.7 Å². The van der Waals surface area contributed by atoms with E-state index in [1.807, 2.05) is 0 Å². The molecule has 5 rings (SSSR count). The molecule has 0 radical (unpaired) electrons. The van der Waals surface area contributed by atoms with Crippen LogP contribution in [0.1, 0.15) is 39.4 Å². The molecule has 1 N–H and O–H groups in total. The van der Waals surface area contributed by atoms with E-state index in [1.54, 1.807) is 18.2 Å². The van der Waals surface area contributed by atoms with Crippen molar-refractivity contribution in [1.82, 2.24) is 0 Å².